The Bertz CT molecular complexity index is 286. The molecule has 5 heteroatoms. The molecule has 1 amide bonds. The molecular weight excluding hydrogens is 238 g/mol. The molecule has 0 unspecified atom stereocenters. The molecule has 0 bridgehead atoms. The quantitative estimate of drug-likeness (QED) is 0.813. The Labute approximate surface area is 83.9 Å². The zero-order valence-corrected chi connectivity index (χ0v) is 8.50. The molecule has 70 valence electrons. The predicted molar refractivity (Wildman–Crippen MR) is 50.3 cm³/mol. The van der Waals surface area contributed by atoms with Crippen LogP contribution in [-0.4, -0.2) is 13.2 Å². The minimum atomic E-state index is -0.648. The summed E-state index contributed by atoms with van der Waals surface area (Å²) < 4.78 is 5.74. The second kappa shape index (κ2) is 4.84. The first-order valence-corrected chi connectivity index (χ1v) is 4.28. The maximum Gasteiger partial charge on any atom is 0.436 e. The molecule has 0 heterocycles. The van der Waals surface area contributed by atoms with Crippen molar-refractivity contribution in [3.8, 4) is 5.75 Å². The van der Waals surface area contributed by atoms with Crippen molar-refractivity contribution in [1.29, 1.82) is 0 Å². The van der Waals surface area contributed by atoms with Crippen molar-refractivity contribution in [2.45, 2.75) is 0 Å². The molecule has 0 aliphatic rings. The van der Waals surface area contributed by atoms with Crippen LogP contribution in [0, 0.1) is 0 Å². The number of carbonyl (C=O) groups excluding carboxylic acids is 1. The van der Waals surface area contributed by atoms with E-state index in [1.165, 1.54) is 7.11 Å². The summed E-state index contributed by atoms with van der Waals surface area (Å²) in [6.45, 7) is 0. The van der Waals surface area contributed by atoms with Crippen LogP contribution >= 0.6 is 15.9 Å². The fourth-order valence-corrected chi connectivity index (χ4v) is 0.978. The number of hydrogen-bond donors (Lipinski definition) is 1. The molecule has 1 N–H and O–H groups in total. The molecule has 0 aliphatic heterocycles. The minimum Gasteiger partial charge on any atom is -0.409 e. The van der Waals surface area contributed by atoms with Crippen molar-refractivity contribution >= 4 is 22.0 Å². The van der Waals surface area contributed by atoms with Crippen LogP contribution in [0.5, 0.6) is 5.75 Å². The van der Waals surface area contributed by atoms with E-state index in [1.807, 2.05) is 5.48 Å². The molecule has 4 nitrogen and oxygen atoms in total. The fraction of sp³-hybridized carbons (Fsp3) is 0.125. The highest BCUT2D eigenvalue weighted by Crippen LogP contribution is 2.15. The second-order valence-electron chi connectivity index (χ2n) is 2.15. The first-order valence-electron chi connectivity index (χ1n) is 3.49. The van der Waals surface area contributed by atoms with Crippen molar-refractivity contribution in [2.24, 2.45) is 0 Å². The van der Waals surface area contributed by atoms with Crippen LogP contribution in [0.2, 0.25) is 0 Å². The molecule has 0 fully saturated rings. The molecule has 13 heavy (non-hydrogen) atoms. The maximum atomic E-state index is 10.8. The van der Waals surface area contributed by atoms with Gasteiger partial charge in [-0.1, -0.05) is 15.9 Å². The Morgan fingerprint density at radius 1 is 1.38 bits per heavy atom. The number of ether oxygens (including phenoxy) is 1. The van der Waals surface area contributed by atoms with Crippen molar-refractivity contribution < 1.29 is 14.4 Å². The molecule has 0 spiro atoms. The van der Waals surface area contributed by atoms with Crippen molar-refractivity contribution in [1.82, 2.24) is 5.48 Å². The first-order chi connectivity index (χ1) is 6.22. The van der Waals surface area contributed by atoms with Gasteiger partial charge < -0.3 is 4.74 Å². The van der Waals surface area contributed by atoms with E-state index in [1.54, 1.807) is 24.3 Å². The summed E-state index contributed by atoms with van der Waals surface area (Å²) in [5, 5.41) is 0. The average molecular weight is 246 g/mol. The summed E-state index contributed by atoms with van der Waals surface area (Å²) >= 11 is 3.26. The third-order valence-corrected chi connectivity index (χ3v) is 1.74. The number of halogens is 1. The van der Waals surface area contributed by atoms with Gasteiger partial charge in [0.15, 0.2) is 0 Å². The van der Waals surface area contributed by atoms with Crippen LogP contribution in [0.15, 0.2) is 28.7 Å². The van der Waals surface area contributed by atoms with Crippen LogP contribution in [-0.2, 0) is 4.84 Å². The Kier molecular flexibility index (Phi) is 3.72. The number of hydroxylamine groups is 1. The standard InChI is InChI=1S/C8H8BrNO3/c1-12-10-8(11)13-7-4-2-6(9)3-5-7/h2-5H,1H3,(H,10,11). The van der Waals surface area contributed by atoms with Gasteiger partial charge in [0.1, 0.15) is 5.75 Å². The molecular formula is C8H8BrNO3. The number of carbonyl (C=O) groups is 1. The van der Waals surface area contributed by atoms with Crippen LogP contribution in [0.1, 0.15) is 0 Å². The second-order valence-corrected chi connectivity index (χ2v) is 3.07. The molecule has 1 aromatic rings. The molecule has 1 aromatic carbocycles. The number of rotatable bonds is 2. The van der Waals surface area contributed by atoms with E-state index in [-0.39, 0.29) is 0 Å². The maximum absolute atomic E-state index is 10.8. The molecule has 0 aliphatic carbocycles. The Morgan fingerprint density at radius 2 is 2.00 bits per heavy atom. The van der Waals surface area contributed by atoms with Crippen LogP contribution in [0.4, 0.5) is 4.79 Å². The van der Waals surface area contributed by atoms with E-state index in [0.29, 0.717) is 5.75 Å². The minimum absolute atomic E-state index is 0.456. The van der Waals surface area contributed by atoms with E-state index >= 15 is 0 Å². The lowest BCUT2D eigenvalue weighted by atomic mass is 10.3. The van der Waals surface area contributed by atoms with Crippen molar-refractivity contribution in [3.05, 3.63) is 28.7 Å². The van der Waals surface area contributed by atoms with E-state index in [2.05, 4.69) is 20.8 Å². The summed E-state index contributed by atoms with van der Waals surface area (Å²) in [5.74, 6) is 0.456. The van der Waals surface area contributed by atoms with Gasteiger partial charge in [-0.05, 0) is 24.3 Å². The van der Waals surface area contributed by atoms with Gasteiger partial charge in [-0.3, -0.25) is 4.84 Å². The van der Waals surface area contributed by atoms with Gasteiger partial charge in [0, 0.05) is 4.47 Å². The van der Waals surface area contributed by atoms with Gasteiger partial charge in [-0.2, -0.15) is 5.48 Å². The summed E-state index contributed by atoms with van der Waals surface area (Å²) in [7, 11) is 1.34. The summed E-state index contributed by atoms with van der Waals surface area (Å²) in [6, 6.07) is 6.88. The molecule has 0 radical (unpaired) electrons. The van der Waals surface area contributed by atoms with Gasteiger partial charge in [0.2, 0.25) is 0 Å². The van der Waals surface area contributed by atoms with Crippen LogP contribution in [0.25, 0.3) is 0 Å². The Hall–Kier alpha value is -1.07. The lowest BCUT2D eigenvalue weighted by Crippen LogP contribution is -2.25. The summed E-state index contributed by atoms with van der Waals surface area (Å²) in [5.41, 5.74) is 2.04. The monoisotopic (exact) mass is 245 g/mol. The molecule has 0 atom stereocenters. The van der Waals surface area contributed by atoms with Gasteiger partial charge in [0.25, 0.3) is 0 Å². The SMILES string of the molecule is CONC(=O)Oc1ccc(Br)cc1. The third kappa shape index (κ3) is 3.43. The first kappa shape index (κ1) is 10.0. The zero-order chi connectivity index (χ0) is 9.68. The van der Waals surface area contributed by atoms with Gasteiger partial charge >= 0.3 is 6.09 Å². The largest absolute Gasteiger partial charge is 0.436 e. The normalized spacial score (nSPS) is 9.38. The lowest BCUT2D eigenvalue weighted by molar-refractivity contribution is 0.0846. The molecule has 0 saturated carbocycles. The highest BCUT2D eigenvalue weighted by atomic mass is 79.9. The number of amides is 1. The van der Waals surface area contributed by atoms with E-state index < -0.39 is 6.09 Å². The van der Waals surface area contributed by atoms with Crippen molar-refractivity contribution in [2.75, 3.05) is 7.11 Å². The highest BCUT2D eigenvalue weighted by Gasteiger charge is 2.01. The van der Waals surface area contributed by atoms with Crippen LogP contribution in [0.3, 0.4) is 0 Å². The molecule has 1 rings (SSSR count). The smallest absolute Gasteiger partial charge is 0.409 e. The zero-order valence-electron chi connectivity index (χ0n) is 6.91. The predicted octanol–water partition coefficient (Wildman–Crippen LogP) is 2.10. The Balaban J connectivity index is 2.54. The number of hydrogen-bond acceptors (Lipinski definition) is 3. The third-order valence-electron chi connectivity index (χ3n) is 1.21. The van der Waals surface area contributed by atoms with E-state index in [0.717, 1.165) is 4.47 Å². The number of benzene rings is 1. The fourth-order valence-electron chi connectivity index (χ4n) is 0.714. The summed E-state index contributed by atoms with van der Waals surface area (Å²) in [4.78, 5) is 15.2. The summed E-state index contributed by atoms with van der Waals surface area (Å²) in [6.07, 6.45) is -0.648. The number of nitrogens with one attached hydrogen (secondary N) is 1. The van der Waals surface area contributed by atoms with Crippen LogP contribution < -0.4 is 10.2 Å². The van der Waals surface area contributed by atoms with Gasteiger partial charge in [0.05, 0.1) is 7.11 Å². The van der Waals surface area contributed by atoms with Crippen molar-refractivity contribution in [3.63, 3.8) is 0 Å². The average Bonchev–Trinajstić information content (AvgIpc) is 2.09. The molecule has 0 saturated heterocycles. The topological polar surface area (TPSA) is 47.6 Å². The molecule has 0 aromatic heterocycles. The van der Waals surface area contributed by atoms with Gasteiger partial charge in [-0.15, -0.1) is 0 Å². The Morgan fingerprint density at radius 3 is 2.54 bits per heavy atom. The highest BCUT2D eigenvalue weighted by molar-refractivity contribution is 9.10. The van der Waals surface area contributed by atoms with Gasteiger partial charge in [-0.25, -0.2) is 4.79 Å². The van der Waals surface area contributed by atoms with E-state index in [9.17, 15) is 4.79 Å². The van der Waals surface area contributed by atoms with E-state index in [4.69, 9.17) is 4.74 Å². The lowest BCUT2D eigenvalue weighted by Gasteiger charge is -2.03.